The van der Waals surface area contributed by atoms with Gasteiger partial charge in [0.05, 0.1) is 0 Å². The van der Waals surface area contributed by atoms with Crippen molar-refractivity contribution in [2.75, 3.05) is 26.2 Å². The van der Waals surface area contributed by atoms with Gasteiger partial charge in [0.2, 0.25) is 5.91 Å². The lowest BCUT2D eigenvalue weighted by Gasteiger charge is -2.35. The molecule has 0 atom stereocenters. The van der Waals surface area contributed by atoms with Crippen LogP contribution in [0.15, 0.2) is 60.8 Å². The van der Waals surface area contributed by atoms with E-state index in [0.29, 0.717) is 11.9 Å². The van der Waals surface area contributed by atoms with Crippen molar-refractivity contribution >= 4 is 16.8 Å². The summed E-state index contributed by atoms with van der Waals surface area (Å²) >= 11 is 0. The maximum absolute atomic E-state index is 12.5. The van der Waals surface area contributed by atoms with Gasteiger partial charge in [-0.1, -0.05) is 42.5 Å². The Morgan fingerprint density at radius 1 is 0.964 bits per heavy atom. The third kappa shape index (κ3) is 4.15. The van der Waals surface area contributed by atoms with Crippen LogP contribution in [0.5, 0.6) is 5.75 Å². The molecule has 5 heteroatoms. The first-order valence-electron chi connectivity index (χ1n) is 9.80. The van der Waals surface area contributed by atoms with Gasteiger partial charge in [-0.15, -0.1) is 0 Å². The standard InChI is InChI=1S/C23H25N3O2/c27-21-10-9-19(20-7-4-12-24-23(20)21)17-25-13-15-26(16-14-25)22(28)11-8-18-5-2-1-3-6-18/h1-7,9-10,12,27H,8,11,13-17H2. The molecule has 2 heterocycles. The van der Waals surface area contributed by atoms with E-state index < -0.39 is 0 Å². The van der Waals surface area contributed by atoms with Crippen molar-refractivity contribution in [2.45, 2.75) is 19.4 Å². The first kappa shape index (κ1) is 18.4. The fourth-order valence-electron chi connectivity index (χ4n) is 3.81. The predicted molar refractivity (Wildman–Crippen MR) is 110 cm³/mol. The molecule has 1 aliphatic heterocycles. The summed E-state index contributed by atoms with van der Waals surface area (Å²) in [6, 6.07) is 17.8. The number of carbonyl (C=O) groups is 1. The quantitative estimate of drug-likeness (QED) is 0.744. The zero-order chi connectivity index (χ0) is 19.3. The van der Waals surface area contributed by atoms with Gasteiger partial charge < -0.3 is 10.0 Å². The number of phenolic OH excluding ortho intramolecular Hbond substituents is 1. The number of carbonyl (C=O) groups excluding carboxylic acids is 1. The molecule has 0 bridgehead atoms. The number of pyridine rings is 1. The van der Waals surface area contributed by atoms with Crippen molar-refractivity contribution in [1.82, 2.24) is 14.8 Å². The molecule has 144 valence electrons. The zero-order valence-corrected chi connectivity index (χ0v) is 15.9. The van der Waals surface area contributed by atoms with Gasteiger partial charge in [-0.2, -0.15) is 0 Å². The van der Waals surface area contributed by atoms with Crippen molar-refractivity contribution < 1.29 is 9.90 Å². The number of phenols is 1. The third-order valence-corrected chi connectivity index (χ3v) is 5.43. The van der Waals surface area contributed by atoms with Crippen LogP contribution in [-0.4, -0.2) is 52.0 Å². The molecule has 28 heavy (non-hydrogen) atoms. The minimum Gasteiger partial charge on any atom is -0.506 e. The van der Waals surface area contributed by atoms with Crippen LogP contribution in [0.2, 0.25) is 0 Å². The van der Waals surface area contributed by atoms with Gasteiger partial charge in [0.25, 0.3) is 0 Å². The Kier molecular flexibility index (Phi) is 5.53. The van der Waals surface area contributed by atoms with E-state index in [0.717, 1.165) is 50.1 Å². The van der Waals surface area contributed by atoms with Crippen LogP contribution in [0, 0.1) is 0 Å². The lowest BCUT2D eigenvalue weighted by Crippen LogP contribution is -2.48. The lowest BCUT2D eigenvalue weighted by atomic mass is 10.1. The molecule has 1 aromatic heterocycles. The fraction of sp³-hybridized carbons (Fsp3) is 0.304. The van der Waals surface area contributed by atoms with Crippen molar-refractivity contribution in [2.24, 2.45) is 0 Å². The molecular formula is C23H25N3O2. The molecule has 1 amide bonds. The fourth-order valence-corrected chi connectivity index (χ4v) is 3.81. The molecular weight excluding hydrogens is 350 g/mol. The molecule has 1 aliphatic rings. The number of nitrogens with zero attached hydrogens (tertiary/aromatic N) is 3. The first-order chi connectivity index (χ1) is 13.7. The smallest absolute Gasteiger partial charge is 0.222 e. The second-order valence-electron chi connectivity index (χ2n) is 7.29. The maximum Gasteiger partial charge on any atom is 0.222 e. The number of benzene rings is 2. The minimum absolute atomic E-state index is 0.216. The number of aromatic nitrogens is 1. The molecule has 0 aliphatic carbocycles. The summed E-state index contributed by atoms with van der Waals surface area (Å²) in [7, 11) is 0. The van der Waals surface area contributed by atoms with Crippen LogP contribution in [0.25, 0.3) is 10.9 Å². The average Bonchev–Trinajstić information content (AvgIpc) is 2.75. The molecule has 2 aromatic carbocycles. The number of amides is 1. The van der Waals surface area contributed by atoms with E-state index in [1.807, 2.05) is 41.3 Å². The van der Waals surface area contributed by atoms with Crippen molar-refractivity contribution in [3.05, 3.63) is 71.9 Å². The van der Waals surface area contributed by atoms with Gasteiger partial charge in [-0.25, -0.2) is 0 Å². The molecule has 1 saturated heterocycles. The van der Waals surface area contributed by atoms with Gasteiger partial charge in [0, 0.05) is 50.7 Å². The number of hydrogen-bond donors (Lipinski definition) is 1. The van der Waals surface area contributed by atoms with Crippen LogP contribution in [0.1, 0.15) is 17.5 Å². The van der Waals surface area contributed by atoms with Gasteiger partial charge in [-0.3, -0.25) is 14.7 Å². The second-order valence-corrected chi connectivity index (χ2v) is 7.29. The van der Waals surface area contributed by atoms with Crippen LogP contribution in [0.4, 0.5) is 0 Å². The minimum atomic E-state index is 0.216. The topological polar surface area (TPSA) is 56.7 Å². The van der Waals surface area contributed by atoms with E-state index in [9.17, 15) is 9.90 Å². The second kappa shape index (κ2) is 8.40. The Bertz CT molecular complexity index is 950. The summed E-state index contributed by atoms with van der Waals surface area (Å²) in [6.45, 7) is 4.05. The highest BCUT2D eigenvalue weighted by molar-refractivity contribution is 5.87. The van der Waals surface area contributed by atoms with E-state index in [1.54, 1.807) is 12.3 Å². The zero-order valence-electron chi connectivity index (χ0n) is 15.9. The monoisotopic (exact) mass is 375 g/mol. The predicted octanol–water partition coefficient (Wildman–Crippen LogP) is 3.22. The molecule has 0 saturated carbocycles. The molecule has 1 fully saturated rings. The number of aromatic hydroxyl groups is 1. The van der Waals surface area contributed by atoms with Crippen LogP contribution in [-0.2, 0) is 17.8 Å². The van der Waals surface area contributed by atoms with Gasteiger partial charge in [0.15, 0.2) is 0 Å². The van der Waals surface area contributed by atoms with Crippen LogP contribution >= 0.6 is 0 Å². The van der Waals surface area contributed by atoms with E-state index in [2.05, 4.69) is 22.0 Å². The molecule has 4 rings (SSSR count). The summed E-state index contributed by atoms with van der Waals surface area (Å²) in [5.74, 6) is 0.455. The summed E-state index contributed by atoms with van der Waals surface area (Å²) in [5.41, 5.74) is 3.02. The molecule has 5 nitrogen and oxygen atoms in total. The summed E-state index contributed by atoms with van der Waals surface area (Å²) in [6.07, 6.45) is 3.07. The molecule has 3 aromatic rings. The van der Waals surface area contributed by atoms with Gasteiger partial charge >= 0.3 is 0 Å². The number of rotatable bonds is 5. The Morgan fingerprint density at radius 2 is 1.75 bits per heavy atom. The number of fused-ring (bicyclic) bond motifs is 1. The summed E-state index contributed by atoms with van der Waals surface area (Å²) in [4.78, 5) is 21.2. The highest BCUT2D eigenvalue weighted by Crippen LogP contribution is 2.26. The Balaban J connectivity index is 1.32. The number of aryl methyl sites for hydroxylation is 1. The SMILES string of the molecule is O=C(CCc1ccccc1)N1CCN(Cc2ccc(O)c3ncccc23)CC1. The number of piperazine rings is 1. The lowest BCUT2D eigenvalue weighted by molar-refractivity contribution is -0.133. The van der Waals surface area contributed by atoms with Crippen molar-refractivity contribution in [3.63, 3.8) is 0 Å². The Morgan fingerprint density at radius 3 is 2.54 bits per heavy atom. The summed E-state index contributed by atoms with van der Waals surface area (Å²) in [5, 5.41) is 11.0. The Hall–Kier alpha value is -2.92. The van der Waals surface area contributed by atoms with E-state index in [-0.39, 0.29) is 11.7 Å². The van der Waals surface area contributed by atoms with E-state index in [1.165, 1.54) is 5.56 Å². The number of hydrogen-bond acceptors (Lipinski definition) is 4. The van der Waals surface area contributed by atoms with Crippen LogP contribution < -0.4 is 0 Å². The van der Waals surface area contributed by atoms with Crippen molar-refractivity contribution in [3.8, 4) is 5.75 Å². The first-order valence-corrected chi connectivity index (χ1v) is 9.80. The van der Waals surface area contributed by atoms with Crippen molar-refractivity contribution in [1.29, 1.82) is 0 Å². The van der Waals surface area contributed by atoms with Gasteiger partial charge in [0.1, 0.15) is 11.3 Å². The van der Waals surface area contributed by atoms with E-state index in [4.69, 9.17) is 0 Å². The Labute approximate surface area is 165 Å². The van der Waals surface area contributed by atoms with Crippen LogP contribution in [0.3, 0.4) is 0 Å². The maximum atomic E-state index is 12.5. The molecule has 0 spiro atoms. The molecule has 0 radical (unpaired) electrons. The average molecular weight is 375 g/mol. The van der Waals surface area contributed by atoms with Gasteiger partial charge in [-0.05, 0) is 29.7 Å². The highest BCUT2D eigenvalue weighted by Gasteiger charge is 2.21. The highest BCUT2D eigenvalue weighted by atomic mass is 16.3. The largest absolute Gasteiger partial charge is 0.506 e. The molecule has 1 N–H and O–H groups in total. The van der Waals surface area contributed by atoms with E-state index >= 15 is 0 Å². The molecule has 0 unspecified atom stereocenters. The normalized spacial score (nSPS) is 15.1. The summed E-state index contributed by atoms with van der Waals surface area (Å²) < 4.78 is 0. The third-order valence-electron chi connectivity index (χ3n) is 5.43.